The number of benzene rings is 1. The molecule has 1 aromatic heterocycles. The third-order valence-electron chi connectivity index (χ3n) is 3.06. The normalized spacial score (nSPS) is 10.8. The zero-order valence-electron chi connectivity index (χ0n) is 10.5. The summed E-state index contributed by atoms with van der Waals surface area (Å²) < 4.78 is 5.32. The Balaban J connectivity index is 2.48. The van der Waals surface area contributed by atoms with Gasteiger partial charge in [0.1, 0.15) is 11.5 Å². The van der Waals surface area contributed by atoms with Crippen molar-refractivity contribution < 1.29 is 9.53 Å². The number of Topliss-reactive ketones (excluding diaryl/α,β-unsaturated/α-hetero) is 1. The highest BCUT2D eigenvalue weighted by Gasteiger charge is 2.11. The van der Waals surface area contributed by atoms with E-state index in [4.69, 9.17) is 4.74 Å². The van der Waals surface area contributed by atoms with Crippen LogP contribution in [-0.4, -0.2) is 17.9 Å². The minimum absolute atomic E-state index is 0.224. The summed E-state index contributed by atoms with van der Waals surface area (Å²) in [5.41, 5.74) is 3.35. The number of carbonyl (C=O) groups excluding carboxylic acids is 1. The number of hydrogen-bond acceptors (Lipinski definition) is 2. The number of methoxy groups -OCH3 is 1. The van der Waals surface area contributed by atoms with Gasteiger partial charge in [0.15, 0.2) is 0 Å². The van der Waals surface area contributed by atoms with Crippen LogP contribution >= 0.6 is 0 Å². The van der Waals surface area contributed by atoms with Crippen molar-refractivity contribution in [3.63, 3.8) is 0 Å². The molecule has 0 aliphatic rings. The van der Waals surface area contributed by atoms with Gasteiger partial charge >= 0.3 is 0 Å². The number of rotatable bonds is 4. The van der Waals surface area contributed by atoms with Gasteiger partial charge < -0.3 is 14.5 Å². The summed E-state index contributed by atoms with van der Waals surface area (Å²) in [6, 6.07) is 5.98. The van der Waals surface area contributed by atoms with Gasteiger partial charge in [-0.2, -0.15) is 0 Å². The molecule has 90 valence electrons. The lowest BCUT2D eigenvalue weighted by atomic mass is 10.0. The molecular formula is C14H17NO2. The maximum Gasteiger partial charge on any atom is 0.142 e. The highest BCUT2D eigenvalue weighted by atomic mass is 16.5. The fourth-order valence-electron chi connectivity index (χ4n) is 2.17. The van der Waals surface area contributed by atoms with Crippen molar-refractivity contribution in [2.45, 2.75) is 26.7 Å². The zero-order chi connectivity index (χ0) is 12.4. The van der Waals surface area contributed by atoms with Crippen LogP contribution in [0, 0.1) is 6.92 Å². The molecule has 1 N–H and O–H groups in total. The maximum atomic E-state index is 11.1. The van der Waals surface area contributed by atoms with Crippen LogP contribution in [0.1, 0.15) is 24.6 Å². The van der Waals surface area contributed by atoms with Gasteiger partial charge in [0.2, 0.25) is 0 Å². The molecule has 0 aliphatic heterocycles. The van der Waals surface area contributed by atoms with E-state index in [1.165, 1.54) is 5.56 Å². The minimum atomic E-state index is 0.224. The molecule has 0 fully saturated rings. The van der Waals surface area contributed by atoms with E-state index < -0.39 is 0 Å². The molecule has 0 spiro atoms. The second-order valence-electron chi connectivity index (χ2n) is 4.31. The summed E-state index contributed by atoms with van der Waals surface area (Å²) in [5, 5.41) is 1.16. The fourth-order valence-corrected chi connectivity index (χ4v) is 2.17. The Bertz CT molecular complexity index is 555. The third kappa shape index (κ3) is 2.18. The van der Waals surface area contributed by atoms with Gasteiger partial charge in [-0.15, -0.1) is 0 Å². The van der Waals surface area contributed by atoms with Gasteiger partial charge in [0.05, 0.1) is 12.6 Å². The largest absolute Gasteiger partial charge is 0.495 e. The van der Waals surface area contributed by atoms with Crippen LogP contribution in [0.25, 0.3) is 10.9 Å². The number of para-hydroxylation sites is 1. The smallest absolute Gasteiger partial charge is 0.142 e. The van der Waals surface area contributed by atoms with E-state index in [0.29, 0.717) is 6.42 Å². The average Bonchev–Trinajstić information content (AvgIpc) is 2.62. The first-order chi connectivity index (χ1) is 8.13. The van der Waals surface area contributed by atoms with E-state index in [2.05, 4.69) is 11.1 Å². The zero-order valence-corrected chi connectivity index (χ0v) is 10.5. The van der Waals surface area contributed by atoms with Gasteiger partial charge in [-0.3, -0.25) is 0 Å². The first-order valence-corrected chi connectivity index (χ1v) is 5.77. The van der Waals surface area contributed by atoms with Gasteiger partial charge in [0, 0.05) is 17.5 Å². The lowest BCUT2D eigenvalue weighted by Crippen LogP contribution is -1.94. The molecule has 0 atom stereocenters. The van der Waals surface area contributed by atoms with Crippen LogP contribution in [0.4, 0.5) is 0 Å². The second-order valence-corrected chi connectivity index (χ2v) is 4.31. The van der Waals surface area contributed by atoms with Gasteiger partial charge in [0.25, 0.3) is 0 Å². The van der Waals surface area contributed by atoms with Crippen LogP contribution in [0.2, 0.25) is 0 Å². The van der Waals surface area contributed by atoms with Crippen molar-refractivity contribution in [2.75, 3.05) is 7.11 Å². The number of fused-ring (bicyclic) bond motifs is 1. The molecular weight excluding hydrogens is 214 g/mol. The predicted molar refractivity (Wildman–Crippen MR) is 68.6 cm³/mol. The van der Waals surface area contributed by atoms with Crippen molar-refractivity contribution in [3.8, 4) is 5.75 Å². The van der Waals surface area contributed by atoms with E-state index in [0.717, 1.165) is 28.8 Å². The standard InChI is InChI=1S/C14H17NO2/c1-9(16)7-8-11-10(2)15-14-12(11)5-4-6-13(14)17-3/h4-6,15H,7-8H2,1-3H3. The van der Waals surface area contributed by atoms with Crippen LogP contribution in [0.15, 0.2) is 18.2 Å². The molecule has 3 nitrogen and oxygen atoms in total. The van der Waals surface area contributed by atoms with Crippen molar-refractivity contribution in [2.24, 2.45) is 0 Å². The highest BCUT2D eigenvalue weighted by molar-refractivity contribution is 5.90. The Hall–Kier alpha value is -1.77. The minimum Gasteiger partial charge on any atom is -0.495 e. The molecule has 0 bridgehead atoms. The Labute approximate surface area is 101 Å². The summed E-state index contributed by atoms with van der Waals surface area (Å²) in [7, 11) is 1.67. The molecule has 3 heteroatoms. The molecule has 2 aromatic rings. The Morgan fingerprint density at radius 2 is 2.18 bits per heavy atom. The maximum absolute atomic E-state index is 11.1. The van der Waals surface area contributed by atoms with Crippen molar-refractivity contribution in [3.05, 3.63) is 29.5 Å². The molecule has 0 saturated carbocycles. The highest BCUT2D eigenvalue weighted by Crippen LogP contribution is 2.30. The number of carbonyl (C=O) groups is 1. The van der Waals surface area contributed by atoms with E-state index in [1.807, 2.05) is 19.1 Å². The average molecular weight is 231 g/mol. The van der Waals surface area contributed by atoms with E-state index in [1.54, 1.807) is 14.0 Å². The first kappa shape index (κ1) is 11.7. The molecule has 0 unspecified atom stereocenters. The molecule has 0 aliphatic carbocycles. The van der Waals surface area contributed by atoms with Gasteiger partial charge in [-0.05, 0) is 31.9 Å². The number of aromatic amines is 1. The van der Waals surface area contributed by atoms with E-state index in [-0.39, 0.29) is 5.78 Å². The monoisotopic (exact) mass is 231 g/mol. The molecule has 0 radical (unpaired) electrons. The molecule has 1 heterocycles. The Morgan fingerprint density at radius 3 is 2.82 bits per heavy atom. The number of ether oxygens (including phenoxy) is 1. The lowest BCUT2D eigenvalue weighted by molar-refractivity contribution is -0.116. The quantitative estimate of drug-likeness (QED) is 0.878. The summed E-state index contributed by atoms with van der Waals surface area (Å²) in [6.07, 6.45) is 1.37. The predicted octanol–water partition coefficient (Wildman–Crippen LogP) is 3.01. The molecule has 2 rings (SSSR count). The second kappa shape index (κ2) is 4.62. The van der Waals surface area contributed by atoms with Crippen LogP contribution in [0.5, 0.6) is 5.75 Å². The third-order valence-corrected chi connectivity index (χ3v) is 3.06. The van der Waals surface area contributed by atoms with E-state index >= 15 is 0 Å². The first-order valence-electron chi connectivity index (χ1n) is 5.77. The molecule has 17 heavy (non-hydrogen) atoms. The van der Waals surface area contributed by atoms with Gasteiger partial charge in [-0.25, -0.2) is 0 Å². The SMILES string of the molecule is COc1cccc2c(CCC(C)=O)c(C)[nH]c12. The topological polar surface area (TPSA) is 42.1 Å². The number of nitrogens with one attached hydrogen (secondary N) is 1. The van der Waals surface area contributed by atoms with Crippen molar-refractivity contribution >= 4 is 16.7 Å². The number of hydrogen-bond donors (Lipinski definition) is 1. The van der Waals surface area contributed by atoms with Crippen LogP contribution in [0.3, 0.4) is 0 Å². The summed E-state index contributed by atoms with van der Waals surface area (Å²) in [6.45, 7) is 3.67. The van der Waals surface area contributed by atoms with Crippen molar-refractivity contribution in [1.29, 1.82) is 0 Å². The number of aromatic nitrogens is 1. The Kier molecular flexibility index (Phi) is 3.18. The lowest BCUT2D eigenvalue weighted by Gasteiger charge is -2.02. The van der Waals surface area contributed by atoms with Crippen LogP contribution < -0.4 is 4.74 Å². The molecule has 0 amide bonds. The number of aryl methyl sites for hydroxylation is 2. The van der Waals surface area contributed by atoms with Gasteiger partial charge in [-0.1, -0.05) is 12.1 Å². The number of H-pyrrole nitrogens is 1. The Morgan fingerprint density at radius 1 is 1.41 bits per heavy atom. The summed E-state index contributed by atoms with van der Waals surface area (Å²) in [4.78, 5) is 14.4. The van der Waals surface area contributed by atoms with Crippen LogP contribution in [-0.2, 0) is 11.2 Å². The molecule has 0 saturated heterocycles. The summed E-state index contributed by atoms with van der Waals surface area (Å²) in [5.74, 6) is 1.07. The van der Waals surface area contributed by atoms with E-state index in [9.17, 15) is 4.79 Å². The number of ketones is 1. The summed E-state index contributed by atoms with van der Waals surface area (Å²) >= 11 is 0. The van der Waals surface area contributed by atoms with Crippen molar-refractivity contribution in [1.82, 2.24) is 4.98 Å². The molecule has 1 aromatic carbocycles. The fraction of sp³-hybridized carbons (Fsp3) is 0.357.